The summed E-state index contributed by atoms with van der Waals surface area (Å²) in [5, 5.41) is 14.2. The lowest BCUT2D eigenvalue weighted by molar-refractivity contribution is -0.107. The van der Waals surface area contributed by atoms with Gasteiger partial charge in [0, 0.05) is 34.8 Å². The smallest absolute Gasteiger partial charge is 0.124 e. The fraction of sp³-hybridized carbons (Fsp3) is 0.345. The maximum atomic E-state index is 10.7. The summed E-state index contributed by atoms with van der Waals surface area (Å²) in [4.78, 5) is 13.1. The Morgan fingerprint density at radius 2 is 1.66 bits per heavy atom. The highest BCUT2D eigenvalue weighted by Gasteiger charge is 2.20. The summed E-state index contributed by atoms with van der Waals surface area (Å²) in [6, 6.07) is 25.2. The molecule has 0 fully saturated rings. The van der Waals surface area contributed by atoms with Crippen molar-refractivity contribution in [3.63, 3.8) is 0 Å². The molecule has 0 aliphatic heterocycles. The van der Waals surface area contributed by atoms with Crippen LogP contribution in [0.15, 0.2) is 82.6 Å². The summed E-state index contributed by atoms with van der Waals surface area (Å²) >= 11 is 3.38. The number of carbonyl (C=O) groups is 1. The molecule has 0 amide bonds. The van der Waals surface area contributed by atoms with E-state index in [0.29, 0.717) is 19.5 Å². The van der Waals surface area contributed by atoms with Crippen LogP contribution in [-0.4, -0.2) is 53.7 Å². The van der Waals surface area contributed by atoms with Gasteiger partial charge in [0.05, 0.1) is 6.10 Å². The van der Waals surface area contributed by atoms with Crippen molar-refractivity contribution in [3.05, 3.63) is 83.9 Å². The van der Waals surface area contributed by atoms with Gasteiger partial charge < -0.3 is 15.2 Å². The molecule has 1 atom stereocenters. The second kappa shape index (κ2) is 13.3. The molecule has 35 heavy (non-hydrogen) atoms. The van der Waals surface area contributed by atoms with Crippen LogP contribution >= 0.6 is 23.7 Å². The second-order valence-electron chi connectivity index (χ2n) is 9.44. The number of benzene rings is 3. The molecule has 0 bridgehead atoms. The van der Waals surface area contributed by atoms with Gasteiger partial charge in [0.1, 0.15) is 6.29 Å². The Hall–Kier alpha value is -2.09. The minimum absolute atomic E-state index is 0.108. The largest absolute Gasteiger partial charge is 0.390 e. The van der Waals surface area contributed by atoms with E-state index in [1.165, 1.54) is 10.5 Å². The van der Waals surface area contributed by atoms with Crippen LogP contribution in [0.1, 0.15) is 25.0 Å². The van der Waals surface area contributed by atoms with Crippen molar-refractivity contribution in [3.8, 4) is 11.1 Å². The van der Waals surface area contributed by atoms with Crippen LogP contribution < -0.4 is 5.32 Å². The molecular weight excluding hydrogens is 472 g/mol. The molecule has 0 saturated heterocycles. The third-order valence-corrected chi connectivity index (χ3v) is 7.46. The first-order chi connectivity index (χ1) is 16.8. The number of nitrogens with one attached hydrogen (secondary N) is 1. The van der Waals surface area contributed by atoms with Crippen LogP contribution in [0.3, 0.4) is 0 Å². The molecule has 1 unspecified atom stereocenters. The average molecular weight is 509 g/mol. The Balaban J connectivity index is 1.49. The molecule has 0 aliphatic rings. The number of aliphatic hydroxyl groups is 1. The van der Waals surface area contributed by atoms with Crippen LogP contribution in [0.5, 0.6) is 0 Å². The maximum absolute atomic E-state index is 10.7. The predicted molar refractivity (Wildman–Crippen MR) is 150 cm³/mol. The number of hydrogen-bond donors (Lipinski definition) is 2. The Morgan fingerprint density at radius 3 is 2.31 bits per heavy atom. The van der Waals surface area contributed by atoms with Gasteiger partial charge in [-0.15, -0.1) is 11.8 Å². The summed E-state index contributed by atoms with van der Waals surface area (Å²) < 4.78 is 2.08. The molecule has 0 aliphatic carbocycles. The van der Waals surface area contributed by atoms with Gasteiger partial charge in [0.2, 0.25) is 0 Å². The predicted octanol–water partition coefficient (Wildman–Crippen LogP) is 5.73. The van der Waals surface area contributed by atoms with Crippen molar-refractivity contribution < 1.29 is 9.90 Å². The van der Waals surface area contributed by atoms with Crippen molar-refractivity contribution in [2.45, 2.75) is 48.1 Å². The molecule has 2 N–H and O–H groups in total. The van der Waals surface area contributed by atoms with E-state index in [0.717, 1.165) is 34.3 Å². The zero-order chi connectivity index (χ0) is 25.3. The zero-order valence-electron chi connectivity index (χ0n) is 21.0. The first-order valence-corrected chi connectivity index (χ1v) is 13.9. The van der Waals surface area contributed by atoms with Crippen molar-refractivity contribution in [2.75, 3.05) is 26.4 Å². The van der Waals surface area contributed by atoms with E-state index in [-0.39, 0.29) is 5.54 Å². The van der Waals surface area contributed by atoms with E-state index in [1.54, 1.807) is 23.7 Å². The first kappa shape index (κ1) is 27.5. The van der Waals surface area contributed by atoms with Crippen LogP contribution in [0.4, 0.5) is 0 Å². The molecule has 0 radical (unpaired) electrons. The topological polar surface area (TPSA) is 52.6 Å². The zero-order valence-corrected chi connectivity index (χ0v) is 22.7. The van der Waals surface area contributed by atoms with Gasteiger partial charge in [-0.2, -0.15) is 0 Å². The molecule has 6 heteroatoms. The van der Waals surface area contributed by atoms with E-state index in [9.17, 15) is 9.90 Å². The number of hydrogen-bond acceptors (Lipinski definition) is 6. The average Bonchev–Trinajstić information content (AvgIpc) is 2.84. The number of aldehydes is 1. The van der Waals surface area contributed by atoms with Gasteiger partial charge in [0.25, 0.3) is 0 Å². The third-order valence-electron chi connectivity index (χ3n) is 5.79. The van der Waals surface area contributed by atoms with E-state index >= 15 is 0 Å². The highest BCUT2D eigenvalue weighted by molar-refractivity contribution is 7.98. The van der Waals surface area contributed by atoms with Gasteiger partial charge in [-0.05, 0) is 92.0 Å². The first-order valence-electron chi connectivity index (χ1n) is 11.9. The SMILES string of the molecule is CSc1ccc(CC(C)(C)NCC(O)CN(C)Sc2cccc(-c3ccc(CC=O)cc3)c2)cc1. The number of thioether (sulfide) groups is 1. The summed E-state index contributed by atoms with van der Waals surface area (Å²) in [7, 11) is 2.01. The number of β-amino-alcohol motifs (C(OH)–C–C–N with tert-alkyl or cyclic N) is 1. The lowest BCUT2D eigenvalue weighted by Crippen LogP contribution is -2.46. The Morgan fingerprint density at radius 1 is 0.971 bits per heavy atom. The summed E-state index contributed by atoms with van der Waals surface area (Å²) in [5.41, 5.74) is 4.47. The fourth-order valence-electron chi connectivity index (χ4n) is 3.95. The number of nitrogens with zero attached hydrogens (tertiary/aromatic N) is 1. The van der Waals surface area contributed by atoms with E-state index in [1.807, 2.05) is 19.2 Å². The minimum Gasteiger partial charge on any atom is -0.390 e. The monoisotopic (exact) mass is 508 g/mol. The molecule has 186 valence electrons. The molecule has 0 aromatic heterocycles. The van der Waals surface area contributed by atoms with E-state index < -0.39 is 6.10 Å². The quantitative estimate of drug-likeness (QED) is 0.175. The number of rotatable bonds is 13. The van der Waals surface area contributed by atoms with Crippen LogP contribution in [-0.2, 0) is 17.6 Å². The summed E-state index contributed by atoms with van der Waals surface area (Å²) in [5.74, 6) is 0. The number of aliphatic hydroxyl groups excluding tert-OH is 1. The van der Waals surface area contributed by atoms with Crippen LogP contribution in [0.25, 0.3) is 11.1 Å². The molecule has 0 spiro atoms. The minimum atomic E-state index is -0.473. The highest BCUT2D eigenvalue weighted by atomic mass is 32.2. The van der Waals surface area contributed by atoms with Crippen molar-refractivity contribution >= 4 is 30.0 Å². The molecule has 0 heterocycles. The molecule has 3 aromatic carbocycles. The van der Waals surface area contributed by atoms with Gasteiger partial charge in [0.15, 0.2) is 0 Å². The third kappa shape index (κ3) is 9.13. The van der Waals surface area contributed by atoms with E-state index in [2.05, 4.69) is 90.4 Å². The molecule has 4 nitrogen and oxygen atoms in total. The lowest BCUT2D eigenvalue weighted by Gasteiger charge is -2.29. The highest BCUT2D eigenvalue weighted by Crippen LogP contribution is 2.27. The standard InChI is InChI=1S/C29H36N2O2S2/c1-29(2,19-23-10-14-27(34-4)15-11-23)30-20-26(33)21-31(3)35-28-7-5-6-25(18-28)24-12-8-22(9-13-24)16-17-32/h5-15,17-18,26,30,33H,16,19-21H2,1-4H3. The van der Waals surface area contributed by atoms with Gasteiger partial charge in [-0.1, -0.05) is 48.5 Å². The normalized spacial score (nSPS) is 12.6. The van der Waals surface area contributed by atoms with Gasteiger partial charge in [-0.3, -0.25) is 0 Å². The Labute approximate surface area is 218 Å². The molecule has 3 rings (SSSR count). The number of carbonyl (C=O) groups excluding carboxylic acids is 1. The second-order valence-corrected chi connectivity index (χ2v) is 11.6. The summed E-state index contributed by atoms with van der Waals surface area (Å²) in [6.07, 6.45) is 3.89. The molecule has 3 aromatic rings. The van der Waals surface area contributed by atoms with E-state index in [4.69, 9.17) is 0 Å². The number of likely N-dealkylation sites (N-methyl/N-ethyl adjacent to an activating group) is 1. The van der Waals surface area contributed by atoms with Crippen LogP contribution in [0, 0.1) is 0 Å². The Bertz CT molecular complexity index is 1070. The van der Waals surface area contributed by atoms with Gasteiger partial charge >= 0.3 is 0 Å². The van der Waals surface area contributed by atoms with Gasteiger partial charge in [-0.25, -0.2) is 4.31 Å². The Kier molecular flexibility index (Phi) is 10.4. The lowest BCUT2D eigenvalue weighted by atomic mass is 9.95. The fourth-order valence-corrected chi connectivity index (χ4v) is 5.28. The van der Waals surface area contributed by atoms with Crippen molar-refractivity contribution in [1.82, 2.24) is 9.62 Å². The maximum Gasteiger partial charge on any atom is 0.124 e. The summed E-state index contributed by atoms with van der Waals surface area (Å²) in [6.45, 7) is 5.45. The van der Waals surface area contributed by atoms with Crippen molar-refractivity contribution in [1.29, 1.82) is 0 Å². The van der Waals surface area contributed by atoms with Crippen LogP contribution in [0.2, 0.25) is 0 Å². The molecule has 0 saturated carbocycles. The van der Waals surface area contributed by atoms with Crippen molar-refractivity contribution in [2.24, 2.45) is 0 Å². The molecular formula is C29H36N2O2S2.